The SMILES string of the molecule is COc1ccc(CO)cc1C12CC3CC(CC(C3)C1)C2. The average molecular weight is 272 g/mol. The first-order valence-corrected chi connectivity index (χ1v) is 8.01. The van der Waals surface area contributed by atoms with Crippen LogP contribution in [0.1, 0.15) is 49.7 Å². The maximum absolute atomic E-state index is 9.47. The molecular weight excluding hydrogens is 248 g/mol. The highest BCUT2D eigenvalue weighted by Gasteiger charge is 2.52. The van der Waals surface area contributed by atoms with E-state index in [0.717, 1.165) is 29.1 Å². The molecule has 0 aromatic heterocycles. The first-order valence-electron chi connectivity index (χ1n) is 8.01. The molecule has 0 spiro atoms. The largest absolute Gasteiger partial charge is 0.496 e. The summed E-state index contributed by atoms with van der Waals surface area (Å²) in [7, 11) is 1.78. The van der Waals surface area contributed by atoms with Crippen molar-refractivity contribution in [3.8, 4) is 5.75 Å². The normalized spacial score (nSPS) is 38.2. The highest BCUT2D eigenvalue weighted by molar-refractivity contribution is 5.44. The van der Waals surface area contributed by atoms with E-state index in [2.05, 4.69) is 12.1 Å². The van der Waals surface area contributed by atoms with E-state index >= 15 is 0 Å². The molecule has 0 saturated heterocycles. The molecule has 2 nitrogen and oxygen atoms in total. The Morgan fingerprint density at radius 2 is 1.70 bits per heavy atom. The van der Waals surface area contributed by atoms with E-state index in [4.69, 9.17) is 4.74 Å². The molecule has 0 heterocycles. The van der Waals surface area contributed by atoms with Gasteiger partial charge in [-0.15, -0.1) is 0 Å². The van der Waals surface area contributed by atoms with Crippen molar-refractivity contribution >= 4 is 0 Å². The van der Waals surface area contributed by atoms with E-state index in [1.165, 1.54) is 44.1 Å². The summed E-state index contributed by atoms with van der Waals surface area (Å²) in [5, 5.41) is 9.47. The molecule has 4 saturated carbocycles. The van der Waals surface area contributed by atoms with E-state index in [0.29, 0.717) is 5.41 Å². The lowest BCUT2D eigenvalue weighted by Gasteiger charge is -2.57. The van der Waals surface area contributed by atoms with Crippen LogP contribution in [0.4, 0.5) is 0 Å². The maximum atomic E-state index is 9.47. The number of aliphatic hydroxyl groups excluding tert-OH is 1. The van der Waals surface area contributed by atoms with Crippen LogP contribution >= 0.6 is 0 Å². The zero-order valence-corrected chi connectivity index (χ0v) is 12.3. The molecule has 4 aliphatic carbocycles. The molecule has 1 aromatic carbocycles. The van der Waals surface area contributed by atoms with Gasteiger partial charge >= 0.3 is 0 Å². The summed E-state index contributed by atoms with van der Waals surface area (Å²) in [6, 6.07) is 6.26. The van der Waals surface area contributed by atoms with Crippen molar-refractivity contribution in [3.63, 3.8) is 0 Å². The van der Waals surface area contributed by atoms with E-state index in [1.807, 2.05) is 6.07 Å². The molecule has 108 valence electrons. The predicted molar refractivity (Wildman–Crippen MR) is 78.8 cm³/mol. The van der Waals surface area contributed by atoms with Crippen LogP contribution in [0.25, 0.3) is 0 Å². The Morgan fingerprint density at radius 3 is 2.20 bits per heavy atom. The van der Waals surface area contributed by atoms with Gasteiger partial charge < -0.3 is 9.84 Å². The van der Waals surface area contributed by atoms with Crippen LogP contribution in [-0.4, -0.2) is 12.2 Å². The third-order valence-electron chi connectivity index (χ3n) is 6.06. The fourth-order valence-electron chi connectivity index (χ4n) is 5.71. The summed E-state index contributed by atoms with van der Waals surface area (Å²) in [6.45, 7) is 0.128. The Balaban J connectivity index is 1.79. The van der Waals surface area contributed by atoms with Crippen LogP contribution in [0.5, 0.6) is 5.75 Å². The topological polar surface area (TPSA) is 29.5 Å². The van der Waals surface area contributed by atoms with E-state index < -0.39 is 0 Å². The number of aliphatic hydroxyl groups is 1. The van der Waals surface area contributed by atoms with Gasteiger partial charge in [-0.25, -0.2) is 0 Å². The quantitative estimate of drug-likeness (QED) is 0.910. The number of benzene rings is 1. The second kappa shape index (κ2) is 4.49. The summed E-state index contributed by atoms with van der Waals surface area (Å²) >= 11 is 0. The van der Waals surface area contributed by atoms with E-state index in [9.17, 15) is 5.11 Å². The third-order valence-corrected chi connectivity index (χ3v) is 6.06. The first-order chi connectivity index (χ1) is 9.72. The van der Waals surface area contributed by atoms with E-state index in [-0.39, 0.29) is 6.61 Å². The van der Waals surface area contributed by atoms with Crippen molar-refractivity contribution in [3.05, 3.63) is 29.3 Å². The van der Waals surface area contributed by atoms with Gasteiger partial charge in [0.15, 0.2) is 0 Å². The number of hydrogen-bond acceptors (Lipinski definition) is 2. The van der Waals surface area contributed by atoms with Gasteiger partial charge in [-0.3, -0.25) is 0 Å². The van der Waals surface area contributed by atoms with Crippen LogP contribution < -0.4 is 4.74 Å². The van der Waals surface area contributed by atoms with Crippen molar-refractivity contribution in [1.29, 1.82) is 0 Å². The summed E-state index contributed by atoms with van der Waals surface area (Å²) in [4.78, 5) is 0. The van der Waals surface area contributed by atoms with Crippen molar-refractivity contribution in [2.45, 2.75) is 50.5 Å². The minimum Gasteiger partial charge on any atom is -0.496 e. The Labute approximate surface area is 121 Å². The smallest absolute Gasteiger partial charge is 0.122 e. The number of ether oxygens (including phenoxy) is 1. The number of hydrogen-bond donors (Lipinski definition) is 1. The van der Waals surface area contributed by atoms with Crippen LogP contribution in [0.2, 0.25) is 0 Å². The van der Waals surface area contributed by atoms with Crippen LogP contribution in [-0.2, 0) is 12.0 Å². The Hall–Kier alpha value is -1.02. The molecule has 4 aliphatic rings. The van der Waals surface area contributed by atoms with Crippen LogP contribution in [0.15, 0.2) is 18.2 Å². The molecule has 0 atom stereocenters. The second-order valence-electron chi connectivity index (χ2n) is 7.39. The molecular formula is C18H24O2. The molecule has 2 heteroatoms. The molecule has 4 bridgehead atoms. The van der Waals surface area contributed by atoms with Gasteiger partial charge in [0.05, 0.1) is 13.7 Å². The van der Waals surface area contributed by atoms with Gasteiger partial charge in [0, 0.05) is 5.56 Å². The highest BCUT2D eigenvalue weighted by Crippen LogP contribution is 2.61. The fourth-order valence-corrected chi connectivity index (χ4v) is 5.71. The monoisotopic (exact) mass is 272 g/mol. The Morgan fingerprint density at radius 1 is 1.10 bits per heavy atom. The molecule has 0 unspecified atom stereocenters. The Bertz CT molecular complexity index is 485. The second-order valence-corrected chi connectivity index (χ2v) is 7.39. The summed E-state index contributed by atoms with van der Waals surface area (Å²) in [6.07, 6.45) is 8.39. The van der Waals surface area contributed by atoms with Gasteiger partial charge in [0.25, 0.3) is 0 Å². The lowest BCUT2D eigenvalue weighted by Crippen LogP contribution is -2.48. The molecule has 1 N–H and O–H groups in total. The molecule has 1 aromatic rings. The summed E-state index contributed by atoms with van der Waals surface area (Å²) in [5.41, 5.74) is 2.74. The lowest BCUT2D eigenvalue weighted by atomic mass is 9.48. The molecule has 4 fully saturated rings. The average Bonchev–Trinajstić information content (AvgIpc) is 2.45. The third kappa shape index (κ3) is 1.81. The first kappa shape index (κ1) is 12.7. The minimum absolute atomic E-state index is 0.128. The number of methoxy groups -OCH3 is 1. The maximum Gasteiger partial charge on any atom is 0.122 e. The van der Waals surface area contributed by atoms with Crippen LogP contribution in [0, 0.1) is 17.8 Å². The predicted octanol–water partition coefficient (Wildman–Crippen LogP) is 3.66. The molecule has 0 amide bonds. The van der Waals surface area contributed by atoms with Gasteiger partial charge in [-0.05, 0) is 79.4 Å². The molecule has 0 radical (unpaired) electrons. The number of rotatable bonds is 3. The summed E-state index contributed by atoms with van der Waals surface area (Å²) in [5.74, 6) is 3.83. The van der Waals surface area contributed by atoms with E-state index in [1.54, 1.807) is 7.11 Å². The van der Waals surface area contributed by atoms with Gasteiger partial charge in [0.1, 0.15) is 5.75 Å². The van der Waals surface area contributed by atoms with Crippen molar-refractivity contribution < 1.29 is 9.84 Å². The van der Waals surface area contributed by atoms with Crippen molar-refractivity contribution in [2.24, 2.45) is 17.8 Å². The zero-order chi connectivity index (χ0) is 13.7. The minimum atomic E-state index is 0.128. The van der Waals surface area contributed by atoms with Crippen molar-refractivity contribution in [1.82, 2.24) is 0 Å². The van der Waals surface area contributed by atoms with Gasteiger partial charge in [0.2, 0.25) is 0 Å². The van der Waals surface area contributed by atoms with Gasteiger partial charge in [-0.2, -0.15) is 0 Å². The summed E-state index contributed by atoms with van der Waals surface area (Å²) < 4.78 is 5.65. The highest BCUT2D eigenvalue weighted by atomic mass is 16.5. The standard InChI is InChI=1S/C18H24O2/c1-20-17-3-2-12(11-19)7-16(17)18-8-13-4-14(9-18)6-15(5-13)10-18/h2-3,7,13-15,19H,4-6,8-11H2,1H3. The zero-order valence-electron chi connectivity index (χ0n) is 12.3. The fraction of sp³-hybridized carbons (Fsp3) is 0.667. The van der Waals surface area contributed by atoms with Gasteiger partial charge in [-0.1, -0.05) is 6.07 Å². The van der Waals surface area contributed by atoms with Crippen molar-refractivity contribution in [2.75, 3.05) is 7.11 Å². The lowest BCUT2D eigenvalue weighted by molar-refractivity contribution is -0.00621. The molecule has 5 rings (SSSR count). The molecule has 20 heavy (non-hydrogen) atoms. The Kier molecular flexibility index (Phi) is 2.85. The molecule has 0 aliphatic heterocycles. The van der Waals surface area contributed by atoms with Crippen LogP contribution in [0.3, 0.4) is 0 Å².